The average Bonchev–Trinajstić information content (AvgIpc) is 2.77. The molecule has 0 radical (unpaired) electrons. The van der Waals surface area contributed by atoms with Gasteiger partial charge in [0, 0.05) is 18.8 Å². The van der Waals surface area contributed by atoms with Crippen molar-refractivity contribution >= 4 is 12.2 Å². The predicted molar refractivity (Wildman–Crippen MR) is 82.6 cm³/mol. The number of aryl methyl sites for hydroxylation is 2. The van der Waals surface area contributed by atoms with Crippen molar-refractivity contribution in [1.82, 2.24) is 19.3 Å². The molecule has 0 aromatic carbocycles. The number of aromatic nitrogens is 4. The maximum atomic E-state index is 12.5. The molecule has 2 aromatic rings. The molecule has 2 aromatic heterocycles. The molecule has 1 atom stereocenters. The van der Waals surface area contributed by atoms with Crippen molar-refractivity contribution in [3.05, 3.63) is 32.4 Å². The highest BCUT2D eigenvalue weighted by atomic mass is 32.1. The zero-order valence-corrected chi connectivity index (χ0v) is 13.3. The first-order valence-corrected chi connectivity index (χ1v) is 7.13. The summed E-state index contributed by atoms with van der Waals surface area (Å²) >= 11 is 5.30. The zero-order valence-electron chi connectivity index (χ0n) is 12.5. The maximum Gasteiger partial charge on any atom is 0.261 e. The van der Waals surface area contributed by atoms with E-state index in [4.69, 9.17) is 12.2 Å². The van der Waals surface area contributed by atoms with Crippen molar-refractivity contribution in [3.63, 3.8) is 0 Å². The third-order valence-electron chi connectivity index (χ3n) is 3.83. The third-order valence-corrected chi connectivity index (χ3v) is 4.11. The topological polar surface area (TPSA) is 55.6 Å². The SMILES string of the molecule is CCC(C)n1c(-c2c(C)cc(C)n(C)c2=O)n[nH]c1=S. The van der Waals surface area contributed by atoms with Crippen LogP contribution in [0.2, 0.25) is 0 Å². The van der Waals surface area contributed by atoms with E-state index in [0.29, 0.717) is 16.2 Å². The molecule has 1 N–H and O–H groups in total. The summed E-state index contributed by atoms with van der Waals surface area (Å²) in [4.78, 5) is 12.5. The van der Waals surface area contributed by atoms with Crippen molar-refractivity contribution in [2.24, 2.45) is 7.05 Å². The highest BCUT2D eigenvalue weighted by Crippen LogP contribution is 2.23. The monoisotopic (exact) mass is 292 g/mol. The number of H-pyrrole nitrogens is 1. The lowest BCUT2D eigenvalue weighted by Gasteiger charge is -2.15. The Morgan fingerprint density at radius 2 is 2.10 bits per heavy atom. The van der Waals surface area contributed by atoms with Gasteiger partial charge in [-0.1, -0.05) is 6.92 Å². The van der Waals surface area contributed by atoms with Gasteiger partial charge in [0.05, 0.1) is 5.56 Å². The molecular formula is C14H20N4OS. The van der Waals surface area contributed by atoms with Crippen molar-refractivity contribution in [3.8, 4) is 11.4 Å². The Morgan fingerprint density at radius 1 is 1.45 bits per heavy atom. The molecule has 5 nitrogen and oxygen atoms in total. The van der Waals surface area contributed by atoms with Gasteiger partial charge in [-0.05, 0) is 51.0 Å². The van der Waals surface area contributed by atoms with Crippen LogP contribution in [0.5, 0.6) is 0 Å². The summed E-state index contributed by atoms with van der Waals surface area (Å²) in [7, 11) is 1.77. The molecule has 0 aliphatic heterocycles. The molecule has 0 aliphatic carbocycles. The van der Waals surface area contributed by atoms with E-state index in [-0.39, 0.29) is 11.6 Å². The van der Waals surface area contributed by atoms with Gasteiger partial charge in [0.2, 0.25) is 0 Å². The van der Waals surface area contributed by atoms with Gasteiger partial charge in [-0.15, -0.1) is 0 Å². The van der Waals surface area contributed by atoms with E-state index in [1.54, 1.807) is 11.6 Å². The summed E-state index contributed by atoms with van der Waals surface area (Å²) in [6.45, 7) is 8.01. The van der Waals surface area contributed by atoms with Gasteiger partial charge in [-0.3, -0.25) is 14.5 Å². The van der Waals surface area contributed by atoms with E-state index in [2.05, 4.69) is 24.0 Å². The van der Waals surface area contributed by atoms with Crippen molar-refractivity contribution in [2.45, 2.75) is 40.2 Å². The summed E-state index contributed by atoms with van der Waals surface area (Å²) in [5.41, 5.74) is 2.43. The molecule has 0 fully saturated rings. The Kier molecular flexibility index (Phi) is 3.94. The van der Waals surface area contributed by atoms with Crippen LogP contribution in [-0.4, -0.2) is 19.3 Å². The molecule has 0 amide bonds. The first kappa shape index (κ1) is 14.7. The summed E-state index contributed by atoms with van der Waals surface area (Å²) < 4.78 is 4.12. The Labute approximate surface area is 123 Å². The zero-order chi connectivity index (χ0) is 15.0. The largest absolute Gasteiger partial charge is 0.315 e. The molecule has 2 rings (SSSR count). The third kappa shape index (κ3) is 2.24. The van der Waals surface area contributed by atoms with E-state index in [9.17, 15) is 4.79 Å². The van der Waals surface area contributed by atoms with Gasteiger partial charge in [-0.2, -0.15) is 5.10 Å². The lowest BCUT2D eigenvalue weighted by Crippen LogP contribution is -2.23. The number of hydrogen-bond donors (Lipinski definition) is 1. The van der Waals surface area contributed by atoms with Crippen molar-refractivity contribution in [2.75, 3.05) is 0 Å². The number of nitrogens with one attached hydrogen (secondary N) is 1. The van der Waals surface area contributed by atoms with E-state index in [1.807, 2.05) is 24.5 Å². The first-order valence-electron chi connectivity index (χ1n) is 6.73. The number of rotatable bonds is 3. The van der Waals surface area contributed by atoms with Crippen LogP contribution in [-0.2, 0) is 7.05 Å². The van der Waals surface area contributed by atoms with Crippen molar-refractivity contribution < 1.29 is 0 Å². The molecule has 0 saturated heterocycles. The second-order valence-corrected chi connectivity index (χ2v) is 5.57. The second-order valence-electron chi connectivity index (χ2n) is 5.19. The van der Waals surface area contributed by atoms with Crippen LogP contribution in [0.15, 0.2) is 10.9 Å². The van der Waals surface area contributed by atoms with Crippen LogP contribution in [0.1, 0.15) is 37.6 Å². The van der Waals surface area contributed by atoms with E-state index in [0.717, 1.165) is 17.7 Å². The fourth-order valence-electron chi connectivity index (χ4n) is 2.32. The van der Waals surface area contributed by atoms with Crippen LogP contribution in [0, 0.1) is 18.6 Å². The Morgan fingerprint density at radius 3 is 2.70 bits per heavy atom. The van der Waals surface area contributed by atoms with E-state index < -0.39 is 0 Å². The van der Waals surface area contributed by atoms with Crippen LogP contribution in [0.25, 0.3) is 11.4 Å². The quantitative estimate of drug-likeness (QED) is 0.885. The van der Waals surface area contributed by atoms with Gasteiger partial charge in [0.1, 0.15) is 0 Å². The van der Waals surface area contributed by atoms with Gasteiger partial charge < -0.3 is 4.57 Å². The molecule has 0 saturated carbocycles. The van der Waals surface area contributed by atoms with E-state index in [1.165, 1.54) is 0 Å². The van der Waals surface area contributed by atoms with Gasteiger partial charge in [0.15, 0.2) is 10.6 Å². The lowest BCUT2D eigenvalue weighted by atomic mass is 10.1. The average molecular weight is 292 g/mol. The normalized spacial score (nSPS) is 12.7. The Balaban J connectivity index is 2.80. The first-order chi connectivity index (χ1) is 9.38. The number of nitrogens with zero attached hydrogens (tertiary/aromatic N) is 3. The highest BCUT2D eigenvalue weighted by molar-refractivity contribution is 7.71. The Bertz CT molecular complexity index is 754. The minimum Gasteiger partial charge on any atom is -0.315 e. The minimum atomic E-state index is -0.0407. The molecule has 20 heavy (non-hydrogen) atoms. The molecule has 6 heteroatoms. The van der Waals surface area contributed by atoms with Crippen molar-refractivity contribution in [1.29, 1.82) is 0 Å². The van der Waals surface area contributed by atoms with Gasteiger partial charge in [0.25, 0.3) is 5.56 Å². The van der Waals surface area contributed by atoms with Gasteiger partial charge in [-0.25, -0.2) is 0 Å². The number of hydrogen-bond acceptors (Lipinski definition) is 3. The van der Waals surface area contributed by atoms with E-state index >= 15 is 0 Å². The van der Waals surface area contributed by atoms with Crippen LogP contribution >= 0.6 is 12.2 Å². The molecular weight excluding hydrogens is 272 g/mol. The molecule has 1 unspecified atom stereocenters. The van der Waals surface area contributed by atoms with Crippen LogP contribution in [0.3, 0.4) is 0 Å². The number of pyridine rings is 1. The Hall–Kier alpha value is -1.69. The lowest BCUT2D eigenvalue weighted by molar-refractivity contribution is 0.528. The smallest absolute Gasteiger partial charge is 0.261 e. The molecule has 0 spiro atoms. The van der Waals surface area contributed by atoms with Crippen LogP contribution < -0.4 is 5.56 Å². The predicted octanol–water partition coefficient (Wildman–Crippen LogP) is 2.89. The summed E-state index contributed by atoms with van der Waals surface area (Å²) in [5, 5.41) is 7.09. The van der Waals surface area contributed by atoms with Gasteiger partial charge >= 0.3 is 0 Å². The molecule has 108 valence electrons. The van der Waals surface area contributed by atoms with Crippen LogP contribution in [0.4, 0.5) is 0 Å². The fraction of sp³-hybridized carbons (Fsp3) is 0.500. The minimum absolute atomic E-state index is 0.0407. The molecule has 2 heterocycles. The maximum absolute atomic E-state index is 12.5. The highest BCUT2D eigenvalue weighted by Gasteiger charge is 2.19. The molecule has 0 bridgehead atoms. The standard InChI is InChI=1S/C14H20N4OS/c1-6-9(3)18-12(15-16-14(18)20)11-8(2)7-10(4)17(5)13(11)19/h7,9H,6H2,1-5H3,(H,16,20). The summed E-state index contributed by atoms with van der Waals surface area (Å²) in [5.74, 6) is 0.627. The second kappa shape index (κ2) is 5.36. The molecule has 0 aliphatic rings. The summed E-state index contributed by atoms with van der Waals surface area (Å²) in [6, 6.07) is 2.19. The fourth-order valence-corrected chi connectivity index (χ4v) is 2.64. The number of aromatic amines is 1. The summed E-state index contributed by atoms with van der Waals surface area (Å²) in [6.07, 6.45) is 0.923.